The molecule has 1 N–H and O–H groups in total. The maximum atomic E-state index is 10.7. The molecule has 1 heterocycles. The van der Waals surface area contributed by atoms with Crippen molar-refractivity contribution in [3.63, 3.8) is 0 Å². The third-order valence-corrected chi connectivity index (χ3v) is 4.83. The number of anilines is 1. The number of nitro groups is 1. The molecular weight excluding hydrogens is 452 g/mol. The van der Waals surface area contributed by atoms with Crippen molar-refractivity contribution in [2.24, 2.45) is 5.10 Å². The lowest BCUT2D eigenvalue weighted by Crippen LogP contribution is -2.00. The van der Waals surface area contributed by atoms with Crippen LogP contribution in [0.15, 0.2) is 64.3 Å². The van der Waals surface area contributed by atoms with E-state index >= 15 is 0 Å². The van der Waals surface area contributed by atoms with Gasteiger partial charge < -0.3 is 9.47 Å². The molecule has 2 aromatic carbocycles. The fourth-order valence-electron chi connectivity index (χ4n) is 2.50. The van der Waals surface area contributed by atoms with Crippen molar-refractivity contribution in [3.05, 3.63) is 86.0 Å². The van der Waals surface area contributed by atoms with E-state index in [1.807, 2.05) is 37.3 Å². The van der Waals surface area contributed by atoms with E-state index in [9.17, 15) is 10.1 Å². The molecule has 154 valence electrons. The fourth-order valence-corrected chi connectivity index (χ4v) is 2.92. The van der Waals surface area contributed by atoms with E-state index < -0.39 is 4.92 Å². The summed E-state index contributed by atoms with van der Waals surface area (Å²) in [7, 11) is 1.57. The smallest absolute Gasteiger partial charge is 0.287 e. The highest BCUT2D eigenvalue weighted by Crippen LogP contribution is 2.33. The van der Waals surface area contributed by atoms with Crippen LogP contribution in [-0.4, -0.2) is 23.2 Å². The average molecular weight is 471 g/mol. The number of ether oxygens (including phenoxy) is 2. The molecule has 9 heteroatoms. The Morgan fingerprint density at radius 1 is 1.20 bits per heavy atom. The van der Waals surface area contributed by atoms with Gasteiger partial charge >= 0.3 is 0 Å². The quantitative estimate of drug-likeness (QED) is 0.279. The highest BCUT2D eigenvalue weighted by molar-refractivity contribution is 9.10. The second-order valence-electron chi connectivity index (χ2n) is 6.33. The van der Waals surface area contributed by atoms with E-state index in [-0.39, 0.29) is 5.69 Å². The number of nitrogens with one attached hydrogen (secondary N) is 1. The number of methoxy groups -OCH3 is 1. The van der Waals surface area contributed by atoms with E-state index in [1.54, 1.807) is 19.4 Å². The van der Waals surface area contributed by atoms with Gasteiger partial charge in [-0.1, -0.05) is 29.8 Å². The van der Waals surface area contributed by atoms with E-state index in [1.165, 1.54) is 17.7 Å². The summed E-state index contributed by atoms with van der Waals surface area (Å²) >= 11 is 3.51. The monoisotopic (exact) mass is 470 g/mol. The van der Waals surface area contributed by atoms with Gasteiger partial charge in [-0.3, -0.25) is 15.5 Å². The normalized spacial score (nSPS) is 10.8. The summed E-state index contributed by atoms with van der Waals surface area (Å²) in [6, 6.07) is 14.6. The van der Waals surface area contributed by atoms with Crippen LogP contribution in [0.3, 0.4) is 0 Å². The van der Waals surface area contributed by atoms with Crippen LogP contribution in [0.1, 0.15) is 16.7 Å². The Kier molecular flexibility index (Phi) is 6.97. The maximum Gasteiger partial charge on any atom is 0.287 e. The number of halogens is 1. The van der Waals surface area contributed by atoms with Crippen molar-refractivity contribution in [2.75, 3.05) is 12.5 Å². The predicted octanol–water partition coefficient (Wildman–Crippen LogP) is 5.09. The summed E-state index contributed by atoms with van der Waals surface area (Å²) in [5.74, 6) is 1.56. The standard InChI is InChI=1S/C21H19BrN4O4/c1-14-3-5-15(6-4-14)13-30-20-10-18(22)16(9-19(20)29-2)11-24-25-21-8-7-17(12-23-21)26(27)28/h3-12H,13H2,1-2H3,(H,23,25)/b24-11+. The third-order valence-electron chi connectivity index (χ3n) is 4.14. The first-order chi connectivity index (χ1) is 14.5. The van der Waals surface area contributed by atoms with Gasteiger partial charge in [-0.15, -0.1) is 0 Å². The first-order valence-corrected chi connectivity index (χ1v) is 9.71. The molecule has 0 atom stereocenters. The second kappa shape index (κ2) is 9.84. The summed E-state index contributed by atoms with van der Waals surface area (Å²) in [4.78, 5) is 14.1. The largest absolute Gasteiger partial charge is 0.493 e. The van der Waals surface area contributed by atoms with Crippen LogP contribution in [0.4, 0.5) is 11.5 Å². The molecule has 0 bridgehead atoms. The minimum absolute atomic E-state index is 0.0850. The molecule has 3 aromatic rings. The summed E-state index contributed by atoms with van der Waals surface area (Å²) in [5, 5.41) is 14.8. The van der Waals surface area contributed by atoms with Crippen LogP contribution >= 0.6 is 15.9 Å². The predicted molar refractivity (Wildman–Crippen MR) is 118 cm³/mol. The Hall–Kier alpha value is -3.46. The van der Waals surface area contributed by atoms with Gasteiger partial charge in [0, 0.05) is 16.1 Å². The van der Waals surface area contributed by atoms with Gasteiger partial charge in [0.05, 0.1) is 18.2 Å². The number of pyridine rings is 1. The Morgan fingerprint density at radius 2 is 1.97 bits per heavy atom. The topological polar surface area (TPSA) is 98.9 Å². The molecule has 30 heavy (non-hydrogen) atoms. The molecule has 0 amide bonds. The molecule has 3 rings (SSSR count). The molecule has 0 saturated carbocycles. The maximum absolute atomic E-state index is 10.7. The van der Waals surface area contributed by atoms with Crippen LogP contribution < -0.4 is 14.9 Å². The molecule has 0 fully saturated rings. The molecule has 8 nitrogen and oxygen atoms in total. The number of hydrazone groups is 1. The van der Waals surface area contributed by atoms with Crippen LogP contribution in [-0.2, 0) is 6.61 Å². The number of nitrogens with zero attached hydrogens (tertiary/aromatic N) is 3. The summed E-state index contributed by atoms with van der Waals surface area (Å²) in [6.07, 6.45) is 2.75. The van der Waals surface area contributed by atoms with Gasteiger partial charge in [-0.2, -0.15) is 5.10 Å². The summed E-state index contributed by atoms with van der Waals surface area (Å²) < 4.78 is 12.1. The van der Waals surface area contributed by atoms with Crippen LogP contribution in [0.2, 0.25) is 0 Å². The Balaban J connectivity index is 1.68. The number of aryl methyl sites for hydroxylation is 1. The van der Waals surface area contributed by atoms with Gasteiger partial charge in [-0.05, 0) is 46.6 Å². The lowest BCUT2D eigenvalue weighted by molar-refractivity contribution is -0.385. The van der Waals surface area contributed by atoms with Gasteiger partial charge in [0.15, 0.2) is 11.5 Å². The van der Waals surface area contributed by atoms with Gasteiger partial charge in [0.25, 0.3) is 5.69 Å². The van der Waals surface area contributed by atoms with E-state index in [0.717, 1.165) is 21.8 Å². The molecule has 0 aliphatic rings. The van der Waals surface area contributed by atoms with Crippen LogP contribution in [0, 0.1) is 17.0 Å². The summed E-state index contributed by atoms with van der Waals surface area (Å²) in [5.41, 5.74) is 5.66. The highest BCUT2D eigenvalue weighted by Gasteiger charge is 2.10. The molecule has 0 radical (unpaired) electrons. The number of hydrogen-bond donors (Lipinski definition) is 1. The number of benzene rings is 2. The molecule has 0 spiro atoms. The first-order valence-electron chi connectivity index (χ1n) is 8.91. The zero-order chi connectivity index (χ0) is 21.5. The highest BCUT2D eigenvalue weighted by atomic mass is 79.9. The summed E-state index contributed by atoms with van der Waals surface area (Å²) in [6.45, 7) is 2.46. The Morgan fingerprint density at radius 3 is 2.60 bits per heavy atom. The van der Waals surface area contributed by atoms with Gasteiger partial charge in [0.2, 0.25) is 0 Å². The zero-order valence-electron chi connectivity index (χ0n) is 16.3. The van der Waals surface area contributed by atoms with Crippen LogP contribution in [0.25, 0.3) is 0 Å². The SMILES string of the molecule is COc1cc(/C=N/Nc2ccc([N+](=O)[O-])cn2)c(Br)cc1OCc1ccc(C)cc1. The molecular formula is C21H19BrN4O4. The zero-order valence-corrected chi connectivity index (χ0v) is 17.9. The van der Waals surface area contributed by atoms with Crippen molar-refractivity contribution in [1.82, 2.24) is 4.98 Å². The van der Waals surface area contributed by atoms with Crippen molar-refractivity contribution in [2.45, 2.75) is 13.5 Å². The van der Waals surface area contributed by atoms with E-state index in [4.69, 9.17) is 9.47 Å². The Bertz CT molecular complexity index is 1050. The van der Waals surface area contributed by atoms with Crippen molar-refractivity contribution in [1.29, 1.82) is 0 Å². The lowest BCUT2D eigenvalue weighted by Gasteiger charge is -2.13. The van der Waals surface area contributed by atoms with Gasteiger partial charge in [0.1, 0.15) is 18.6 Å². The van der Waals surface area contributed by atoms with Gasteiger partial charge in [-0.25, -0.2) is 4.98 Å². The van der Waals surface area contributed by atoms with Crippen molar-refractivity contribution in [3.8, 4) is 11.5 Å². The first kappa shape index (κ1) is 21.3. The lowest BCUT2D eigenvalue weighted by atomic mass is 10.2. The molecule has 1 aromatic heterocycles. The minimum Gasteiger partial charge on any atom is -0.493 e. The molecule has 0 unspecified atom stereocenters. The third kappa shape index (κ3) is 5.54. The molecule has 0 aliphatic heterocycles. The molecule has 0 aliphatic carbocycles. The van der Waals surface area contributed by atoms with Crippen LogP contribution in [0.5, 0.6) is 11.5 Å². The Labute approximate surface area is 181 Å². The van der Waals surface area contributed by atoms with Crippen molar-refractivity contribution >= 4 is 33.6 Å². The fraction of sp³-hybridized carbons (Fsp3) is 0.143. The number of aromatic nitrogens is 1. The second-order valence-corrected chi connectivity index (χ2v) is 7.18. The average Bonchev–Trinajstić information content (AvgIpc) is 2.75. The number of hydrogen-bond acceptors (Lipinski definition) is 7. The van der Waals surface area contributed by atoms with E-state index in [0.29, 0.717) is 23.9 Å². The molecule has 0 saturated heterocycles. The van der Waals surface area contributed by atoms with E-state index in [2.05, 4.69) is 31.4 Å². The van der Waals surface area contributed by atoms with Crippen molar-refractivity contribution < 1.29 is 14.4 Å². The number of rotatable bonds is 8. The minimum atomic E-state index is -0.508.